The fourth-order valence-electron chi connectivity index (χ4n) is 5.52. The molecule has 0 atom stereocenters. The van der Waals surface area contributed by atoms with E-state index in [2.05, 4.69) is 168 Å². The van der Waals surface area contributed by atoms with Crippen molar-refractivity contribution in [1.82, 2.24) is 0 Å². The van der Waals surface area contributed by atoms with Crippen LogP contribution in [0.3, 0.4) is 0 Å². The third-order valence-electron chi connectivity index (χ3n) is 7.70. The molecule has 0 aliphatic carbocycles. The molecule has 0 saturated carbocycles. The Morgan fingerprint density at radius 3 is 1.23 bits per heavy atom. The standard InChI is InChI=1S/C39H33BrNOP/c1-31-27-29-34(30-28-31)41-39(38(32-17-7-2-8-18-32)33-19-9-3-10-20-33)42-43(40,35-21-11-4-12-22-35,36-23-13-5-14-24-36)37-25-15-6-16-26-37/h2-30,38H,1H3. The normalized spacial score (nSPS) is 12.8. The Hall–Kier alpha value is -4.30. The Morgan fingerprint density at radius 1 is 0.512 bits per heavy atom. The molecule has 0 aliphatic rings. The van der Waals surface area contributed by atoms with Crippen LogP contribution >= 0.6 is 21.0 Å². The summed E-state index contributed by atoms with van der Waals surface area (Å²) in [5, 5.41) is 3.17. The van der Waals surface area contributed by atoms with Gasteiger partial charge < -0.3 is 0 Å². The van der Waals surface area contributed by atoms with Crippen molar-refractivity contribution in [3.8, 4) is 0 Å². The van der Waals surface area contributed by atoms with Crippen molar-refractivity contribution >= 4 is 48.5 Å². The molecule has 6 rings (SSSR count). The van der Waals surface area contributed by atoms with E-state index in [1.807, 2.05) is 30.3 Å². The van der Waals surface area contributed by atoms with Crippen LogP contribution in [0.15, 0.2) is 181 Å². The molecule has 6 aromatic carbocycles. The molecule has 0 spiro atoms. The predicted octanol–water partition coefficient (Wildman–Crippen LogP) is 9.63. The number of rotatable bonds is 8. The van der Waals surface area contributed by atoms with Crippen molar-refractivity contribution < 1.29 is 4.52 Å². The van der Waals surface area contributed by atoms with Crippen LogP contribution in [0.1, 0.15) is 22.6 Å². The van der Waals surface area contributed by atoms with Gasteiger partial charge in [0.15, 0.2) is 0 Å². The van der Waals surface area contributed by atoms with Crippen LogP contribution in [0.2, 0.25) is 0 Å². The molecule has 0 amide bonds. The van der Waals surface area contributed by atoms with E-state index < -0.39 is 5.53 Å². The molecular formula is C39H33BrNOP. The Bertz CT molecular complexity index is 1660. The van der Waals surface area contributed by atoms with Crippen LogP contribution < -0.4 is 15.9 Å². The Balaban J connectivity index is 1.70. The molecule has 0 saturated heterocycles. The molecular weight excluding hydrogens is 609 g/mol. The van der Waals surface area contributed by atoms with Gasteiger partial charge in [-0.05, 0) is 0 Å². The summed E-state index contributed by atoms with van der Waals surface area (Å²) in [5.74, 6) is 0.353. The fraction of sp³-hybridized carbons (Fsp3) is 0.0513. The summed E-state index contributed by atoms with van der Waals surface area (Å²) in [6.07, 6.45) is 0. The van der Waals surface area contributed by atoms with Gasteiger partial charge in [-0.2, -0.15) is 0 Å². The zero-order chi connectivity index (χ0) is 29.6. The van der Waals surface area contributed by atoms with Crippen LogP contribution in [0.25, 0.3) is 0 Å². The van der Waals surface area contributed by atoms with E-state index in [1.165, 1.54) is 5.56 Å². The van der Waals surface area contributed by atoms with E-state index in [1.54, 1.807) is 0 Å². The van der Waals surface area contributed by atoms with Crippen molar-refractivity contribution in [3.63, 3.8) is 0 Å². The summed E-state index contributed by atoms with van der Waals surface area (Å²) in [4.78, 5) is 5.36. The van der Waals surface area contributed by atoms with Crippen LogP contribution in [-0.2, 0) is 4.52 Å². The average molecular weight is 643 g/mol. The number of halogens is 1. The maximum absolute atomic E-state index is 7.79. The van der Waals surface area contributed by atoms with Gasteiger partial charge in [-0.3, -0.25) is 0 Å². The minimum atomic E-state index is -3.83. The van der Waals surface area contributed by atoms with Crippen molar-refractivity contribution in [3.05, 3.63) is 193 Å². The second kappa shape index (κ2) is 12.5. The third-order valence-corrected chi connectivity index (χ3v) is 16.0. The first kappa shape index (κ1) is 28.8. The number of hydrogen-bond acceptors (Lipinski definition) is 2. The number of nitrogens with zero attached hydrogens (tertiary/aromatic N) is 1. The quantitative estimate of drug-likeness (QED) is 0.0921. The number of hydrogen-bond donors (Lipinski definition) is 0. The zero-order valence-corrected chi connectivity index (χ0v) is 26.5. The van der Waals surface area contributed by atoms with E-state index >= 15 is 0 Å². The van der Waals surface area contributed by atoms with Crippen molar-refractivity contribution in [2.24, 2.45) is 4.99 Å². The molecule has 43 heavy (non-hydrogen) atoms. The number of aliphatic imine (C=N–C) groups is 1. The molecule has 6 aromatic rings. The monoisotopic (exact) mass is 641 g/mol. The molecule has 0 unspecified atom stereocenters. The number of aryl methyl sites for hydroxylation is 1. The van der Waals surface area contributed by atoms with Crippen LogP contribution in [0, 0.1) is 6.92 Å². The summed E-state index contributed by atoms with van der Waals surface area (Å²) < 4.78 is 7.79. The number of benzene rings is 6. The summed E-state index contributed by atoms with van der Waals surface area (Å²) in [7, 11) is 0. The van der Waals surface area contributed by atoms with Gasteiger partial charge in [-0.1, -0.05) is 0 Å². The molecule has 0 heterocycles. The van der Waals surface area contributed by atoms with Crippen molar-refractivity contribution in [1.29, 1.82) is 0 Å². The van der Waals surface area contributed by atoms with Gasteiger partial charge in [-0.25, -0.2) is 0 Å². The summed E-state index contributed by atoms with van der Waals surface area (Å²) in [6, 6.07) is 60.9. The first-order chi connectivity index (χ1) is 21.1. The van der Waals surface area contributed by atoms with E-state index in [9.17, 15) is 0 Å². The molecule has 0 aromatic heterocycles. The molecule has 4 heteroatoms. The predicted molar refractivity (Wildman–Crippen MR) is 188 cm³/mol. The molecule has 2 nitrogen and oxygen atoms in total. The summed E-state index contributed by atoms with van der Waals surface area (Å²) in [5.41, 5.74) is 0.395. The first-order valence-corrected chi connectivity index (χ1v) is 18.6. The van der Waals surface area contributed by atoms with Crippen LogP contribution in [-0.4, -0.2) is 5.90 Å². The topological polar surface area (TPSA) is 21.6 Å². The molecule has 212 valence electrons. The van der Waals surface area contributed by atoms with E-state index in [4.69, 9.17) is 9.52 Å². The molecule has 0 radical (unpaired) electrons. The Morgan fingerprint density at radius 2 is 0.860 bits per heavy atom. The SMILES string of the molecule is Cc1ccc(N=C(OP(Br)(c2ccccc2)(c2ccccc2)c2ccccc2)C(c2ccccc2)c2ccccc2)cc1. The van der Waals surface area contributed by atoms with E-state index in [-0.39, 0.29) is 5.92 Å². The second-order valence-corrected chi connectivity index (χ2v) is 18.2. The maximum atomic E-state index is 7.79. The van der Waals surface area contributed by atoms with Crippen molar-refractivity contribution in [2.75, 3.05) is 0 Å². The van der Waals surface area contributed by atoms with Gasteiger partial charge in [-0.15, -0.1) is 0 Å². The Labute approximate surface area is 262 Å². The Kier molecular flexibility index (Phi) is 8.38. The van der Waals surface area contributed by atoms with Crippen LogP contribution in [0.4, 0.5) is 5.69 Å². The van der Waals surface area contributed by atoms with Crippen molar-refractivity contribution in [2.45, 2.75) is 12.8 Å². The van der Waals surface area contributed by atoms with Gasteiger partial charge in [0.1, 0.15) is 0 Å². The second-order valence-electron chi connectivity index (χ2n) is 10.6. The van der Waals surface area contributed by atoms with Gasteiger partial charge in [0, 0.05) is 0 Å². The average Bonchev–Trinajstić information content (AvgIpc) is 3.08. The minimum absolute atomic E-state index is 0.265. The summed E-state index contributed by atoms with van der Waals surface area (Å²) in [6.45, 7) is 2.09. The fourth-order valence-corrected chi connectivity index (χ4v) is 11.9. The van der Waals surface area contributed by atoms with Gasteiger partial charge in [0.2, 0.25) is 0 Å². The van der Waals surface area contributed by atoms with Gasteiger partial charge in [0.05, 0.1) is 0 Å². The summed E-state index contributed by atoms with van der Waals surface area (Å²) >= 11 is 4.48. The van der Waals surface area contributed by atoms with Crippen LogP contribution in [0.5, 0.6) is 0 Å². The molecule has 0 aliphatic heterocycles. The molecule has 0 bridgehead atoms. The third kappa shape index (κ3) is 5.71. The van der Waals surface area contributed by atoms with E-state index in [0.717, 1.165) is 32.7 Å². The van der Waals surface area contributed by atoms with Gasteiger partial charge in [0.25, 0.3) is 0 Å². The van der Waals surface area contributed by atoms with E-state index in [0.29, 0.717) is 5.90 Å². The first-order valence-electron chi connectivity index (χ1n) is 14.4. The zero-order valence-electron chi connectivity index (χ0n) is 24.0. The van der Waals surface area contributed by atoms with Gasteiger partial charge >= 0.3 is 263 Å². The molecule has 0 N–H and O–H groups in total. The molecule has 0 fully saturated rings.